The van der Waals surface area contributed by atoms with Crippen LogP contribution in [-0.2, 0) is 11.2 Å². The zero-order valence-corrected chi connectivity index (χ0v) is 12.2. The second-order valence-electron chi connectivity index (χ2n) is 5.08. The minimum Gasteiger partial charge on any atom is -0.481 e. The highest BCUT2D eigenvalue weighted by molar-refractivity contribution is 6.35. The molecule has 21 heavy (non-hydrogen) atoms. The number of nitrogens with one attached hydrogen (secondary N) is 1. The lowest BCUT2D eigenvalue weighted by Crippen LogP contribution is -2.00. The number of halogens is 1. The number of aryl methyl sites for hydroxylation is 1. The first-order chi connectivity index (χ1) is 10.1. The molecule has 4 heteroatoms. The molecule has 0 aliphatic carbocycles. The van der Waals surface area contributed by atoms with Crippen molar-refractivity contribution >= 4 is 28.5 Å². The number of hydrogen-bond acceptors (Lipinski definition) is 1. The van der Waals surface area contributed by atoms with Crippen LogP contribution in [0.3, 0.4) is 0 Å². The minimum absolute atomic E-state index is 0.0381. The first-order valence-corrected chi connectivity index (χ1v) is 7.02. The molecule has 0 radical (unpaired) electrons. The zero-order chi connectivity index (χ0) is 15.0. The summed E-state index contributed by atoms with van der Waals surface area (Å²) in [5.41, 5.74) is 4.49. The zero-order valence-electron chi connectivity index (χ0n) is 11.5. The van der Waals surface area contributed by atoms with E-state index >= 15 is 0 Å². The van der Waals surface area contributed by atoms with E-state index in [0.717, 1.165) is 33.3 Å². The fraction of sp³-hybridized carbons (Fsp3) is 0.118. The number of hydrogen-bond donors (Lipinski definition) is 2. The monoisotopic (exact) mass is 299 g/mol. The normalized spacial score (nSPS) is 11.0. The Balaban J connectivity index is 2.27. The number of rotatable bonds is 3. The first-order valence-electron chi connectivity index (χ1n) is 6.64. The van der Waals surface area contributed by atoms with Crippen LogP contribution in [0, 0.1) is 6.92 Å². The highest BCUT2D eigenvalue weighted by Crippen LogP contribution is 2.34. The topological polar surface area (TPSA) is 53.1 Å². The molecule has 0 bridgehead atoms. The van der Waals surface area contributed by atoms with Crippen LogP contribution in [0.4, 0.5) is 0 Å². The molecule has 0 unspecified atom stereocenters. The Hall–Kier alpha value is -2.26. The van der Waals surface area contributed by atoms with Crippen LogP contribution in [0.25, 0.3) is 22.2 Å². The average molecular weight is 300 g/mol. The number of carbonyl (C=O) groups is 1. The van der Waals surface area contributed by atoms with Gasteiger partial charge in [0.05, 0.1) is 22.7 Å². The van der Waals surface area contributed by atoms with Gasteiger partial charge in [-0.2, -0.15) is 0 Å². The van der Waals surface area contributed by atoms with Crippen LogP contribution in [0.5, 0.6) is 0 Å². The van der Waals surface area contributed by atoms with E-state index in [1.165, 1.54) is 0 Å². The van der Waals surface area contributed by atoms with Gasteiger partial charge in [-0.05, 0) is 24.1 Å². The average Bonchev–Trinajstić information content (AvgIpc) is 2.80. The third-order valence-corrected chi connectivity index (χ3v) is 3.87. The number of benzene rings is 2. The van der Waals surface area contributed by atoms with Crippen molar-refractivity contribution in [1.29, 1.82) is 0 Å². The van der Waals surface area contributed by atoms with E-state index in [2.05, 4.69) is 4.98 Å². The molecule has 0 amide bonds. The number of para-hydroxylation sites is 1. The molecule has 0 aliphatic rings. The second kappa shape index (κ2) is 5.26. The van der Waals surface area contributed by atoms with Crippen molar-refractivity contribution in [3.8, 4) is 11.3 Å². The maximum Gasteiger partial charge on any atom is 0.307 e. The van der Waals surface area contributed by atoms with Gasteiger partial charge in [0.25, 0.3) is 0 Å². The van der Waals surface area contributed by atoms with Crippen molar-refractivity contribution in [1.82, 2.24) is 4.98 Å². The van der Waals surface area contributed by atoms with E-state index in [0.29, 0.717) is 5.02 Å². The highest BCUT2D eigenvalue weighted by atomic mass is 35.5. The Morgan fingerprint density at radius 3 is 2.57 bits per heavy atom. The molecule has 0 fully saturated rings. The number of aromatic amines is 1. The van der Waals surface area contributed by atoms with Gasteiger partial charge in [0.1, 0.15) is 0 Å². The van der Waals surface area contributed by atoms with Gasteiger partial charge in [-0.1, -0.05) is 53.6 Å². The summed E-state index contributed by atoms with van der Waals surface area (Å²) < 4.78 is 0. The van der Waals surface area contributed by atoms with Crippen molar-refractivity contribution in [3.63, 3.8) is 0 Å². The van der Waals surface area contributed by atoms with Gasteiger partial charge in [0.15, 0.2) is 0 Å². The molecule has 2 N–H and O–H groups in total. The van der Waals surface area contributed by atoms with Gasteiger partial charge in [-0.3, -0.25) is 4.79 Å². The van der Waals surface area contributed by atoms with Crippen molar-refractivity contribution in [2.45, 2.75) is 13.3 Å². The van der Waals surface area contributed by atoms with Gasteiger partial charge in [-0.15, -0.1) is 0 Å². The van der Waals surface area contributed by atoms with Gasteiger partial charge in [-0.25, -0.2) is 0 Å². The van der Waals surface area contributed by atoms with Crippen molar-refractivity contribution in [2.75, 3.05) is 0 Å². The Kier molecular flexibility index (Phi) is 3.43. The van der Waals surface area contributed by atoms with E-state index in [9.17, 15) is 9.90 Å². The lowest BCUT2D eigenvalue weighted by Gasteiger charge is -2.03. The SMILES string of the molecule is Cc1ccc(-c2[nH]c3c(Cl)cccc3c2CC(=O)O)cc1. The number of carboxylic acid groups (broad SMARTS) is 1. The van der Waals surface area contributed by atoms with E-state index < -0.39 is 5.97 Å². The van der Waals surface area contributed by atoms with Crippen molar-refractivity contribution in [2.24, 2.45) is 0 Å². The number of fused-ring (bicyclic) bond motifs is 1. The van der Waals surface area contributed by atoms with Gasteiger partial charge >= 0.3 is 5.97 Å². The van der Waals surface area contributed by atoms with Crippen LogP contribution in [-0.4, -0.2) is 16.1 Å². The number of H-pyrrole nitrogens is 1. The molecule has 3 aromatic rings. The summed E-state index contributed by atoms with van der Waals surface area (Å²) in [5.74, 6) is -0.857. The summed E-state index contributed by atoms with van der Waals surface area (Å²) in [6.45, 7) is 2.02. The summed E-state index contributed by atoms with van der Waals surface area (Å²) in [7, 11) is 0. The minimum atomic E-state index is -0.857. The third kappa shape index (κ3) is 2.52. The Bertz CT molecular complexity index is 819. The molecule has 0 atom stereocenters. The van der Waals surface area contributed by atoms with E-state index in [1.807, 2.05) is 43.3 Å². The molecule has 0 saturated heterocycles. The maximum absolute atomic E-state index is 11.2. The van der Waals surface area contributed by atoms with E-state index in [4.69, 9.17) is 11.6 Å². The van der Waals surface area contributed by atoms with Crippen molar-refractivity contribution < 1.29 is 9.90 Å². The quantitative estimate of drug-likeness (QED) is 0.752. The summed E-state index contributed by atoms with van der Waals surface area (Å²) in [6, 6.07) is 13.5. The third-order valence-electron chi connectivity index (χ3n) is 3.56. The standard InChI is InChI=1S/C17H14ClNO2/c1-10-5-7-11(8-6-10)16-13(9-15(20)21)12-3-2-4-14(18)17(12)19-16/h2-8,19H,9H2,1H3,(H,20,21). The highest BCUT2D eigenvalue weighted by Gasteiger charge is 2.17. The second-order valence-corrected chi connectivity index (χ2v) is 5.48. The molecule has 2 aromatic carbocycles. The van der Waals surface area contributed by atoms with Gasteiger partial charge < -0.3 is 10.1 Å². The number of aromatic nitrogens is 1. The van der Waals surface area contributed by atoms with Crippen LogP contribution < -0.4 is 0 Å². The molecule has 3 rings (SSSR count). The van der Waals surface area contributed by atoms with Gasteiger partial charge in [0.2, 0.25) is 0 Å². The molecule has 0 saturated carbocycles. The molecule has 1 heterocycles. The lowest BCUT2D eigenvalue weighted by atomic mass is 10.0. The van der Waals surface area contributed by atoms with Crippen LogP contribution >= 0.6 is 11.6 Å². The fourth-order valence-corrected chi connectivity index (χ4v) is 2.76. The Morgan fingerprint density at radius 1 is 1.19 bits per heavy atom. The summed E-state index contributed by atoms with van der Waals surface area (Å²) in [4.78, 5) is 14.5. The number of carboxylic acids is 1. The number of aliphatic carboxylic acids is 1. The van der Waals surface area contributed by atoms with Gasteiger partial charge in [0, 0.05) is 5.39 Å². The summed E-state index contributed by atoms with van der Waals surface area (Å²) >= 11 is 6.21. The molecule has 1 aromatic heterocycles. The summed E-state index contributed by atoms with van der Waals surface area (Å²) in [5, 5.41) is 10.6. The predicted molar refractivity (Wildman–Crippen MR) is 84.8 cm³/mol. The van der Waals surface area contributed by atoms with Crippen LogP contribution in [0.15, 0.2) is 42.5 Å². The lowest BCUT2D eigenvalue weighted by molar-refractivity contribution is -0.136. The summed E-state index contributed by atoms with van der Waals surface area (Å²) in [6.07, 6.45) is -0.0381. The van der Waals surface area contributed by atoms with Crippen LogP contribution in [0.1, 0.15) is 11.1 Å². The Morgan fingerprint density at radius 2 is 1.90 bits per heavy atom. The molecule has 106 valence electrons. The first kappa shape index (κ1) is 13.7. The predicted octanol–water partition coefficient (Wildman–Crippen LogP) is 4.42. The van der Waals surface area contributed by atoms with E-state index in [-0.39, 0.29) is 6.42 Å². The maximum atomic E-state index is 11.2. The fourth-order valence-electron chi connectivity index (χ4n) is 2.54. The molecule has 0 spiro atoms. The van der Waals surface area contributed by atoms with Crippen LogP contribution in [0.2, 0.25) is 5.02 Å². The van der Waals surface area contributed by atoms with E-state index in [1.54, 1.807) is 6.07 Å². The Labute approximate surface area is 127 Å². The molecule has 3 nitrogen and oxygen atoms in total. The largest absolute Gasteiger partial charge is 0.481 e. The smallest absolute Gasteiger partial charge is 0.307 e. The molecular formula is C17H14ClNO2. The molecule has 0 aliphatic heterocycles. The van der Waals surface area contributed by atoms with Crippen molar-refractivity contribution in [3.05, 3.63) is 58.6 Å². The molecular weight excluding hydrogens is 286 g/mol.